The summed E-state index contributed by atoms with van der Waals surface area (Å²) in [7, 11) is -3.48. The summed E-state index contributed by atoms with van der Waals surface area (Å²) in [4.78, 5) is 0. The van der Waals surface area contributed by atoms with Gasteiger partial charge in [-0.15, -0.1) is 0 Å². The number of hydrogen-bond acceptors (Lipinski definition) is 0. The summed E-state index contributed by atoms with van der Waals surface area (Å²) in [6.45, 7) is 5.18. The lowest BCUT2D eigenvalue weighted by molar-refractivity contribution is 0.858. The molecule has 1 aliphatic rings. The third-order valence-electron chi connectivity index (χ3n) is 6.61. The zero-order valence-electron chi connectivity index (χ0n) is 17.1. The van der Waals surface area contributed by atoms with Crippen LogP contribution in [0.4, 0.5) is 0 Å². The average molecular weight is 399 g/mol. The zero-order chi connectivity index (χ0) is 19.5. The van der Waals surface area contributed by atoms with Crippen molar-refractivity contribution in [1.82, 2.24) is 0 Å². The number of benzene rings is 3. The van der Waals surface area contributed by atoms with Gasteiger partial charge in [0.1, 0.15) is 16.1 Å². The maximum atomic E-state index is 2.79. The Bertz CT molecular complexity index is 934. The van der Waals surface area contributed by atoms with Crippen LogP contribution < -0.4 is 10.4 Å². The molecule has 0 aliphatic carbocycles. The highest BCUT2D eigenvalue weighted by Crippen LogP contribution is 2.36. The molecule has 3 aromatic rings. The summed E-state index contributed by atoms with van der Waals surface area (Å²) in [6.07, 6.45) is 2.70. The predicted octanol–water partition coefficient (Wildman–Crippen LogP) is 5.91. The molecule has 0 radical (unpaired) electrons. The van der Waals surface area contributed by atoms with Gasteiger partial charge in [0.15, 0.2) is 0 Å². The van der Waals surface area contributed by atoms with Crippen LogP contribution in [0.2, 0.25) is 25.2 Å². The van der Waals surface area contributed by atoms with E-state index >= 15 is 0 Å². The molecule has 1 heterocycles. The van der Waals surface area contributed by atoms with Gasteiger partial charge in [-0.25, -0.2) is 0 Å². The Hall–Kier alpha value is -2.17. The smallest absolute Gasteiger partial charge is 0.0898 e. The van der Waals surface area contributed by atoms with E-state index in [4.69, 9.17) is 0 Å². The minimum atomic E-state index is -1.79. The Morgan fingerprint density at radius 2 is 1.07 bits per heavy atom. The van der Waals surface area contributed by atoms with Crippen molar-refractivity contribution in [2.75, 3.05) is 0 Å². The molecular formula is C26H30Si2. The van der Waals surface area contributed by atoms with Crippen LogP contribution in [0.5, 0.6) is 0 Å². The second kappa shape index (κ2) is 8.06. The third kappa shape index (κ3) is 3.72. The van der Waals surface area contributed by atoms with Crippen LogP contribution in [0.1, 0.15) is 18.4 Å². The minimum absolute atomic E-state index is 1.34. The molecule has 2 atom stereocenters. The van der Waals surface area contributed by atoms with Gasteiger partial charge in [0.05, 0.1) is 0 Å². The van der Waals surface area contributed by atoms with E-state index in [1.165, 1.54) is 30.5 Å². The lowest BCUT2D eigenvalue weighted by Crippen LogP contribution is -2.51. The second-order valence-corrected chi connectivity index (χ2v) is 17.1. The van der Waals surface area contributed by atoms with Gasteiger partial charge in [0.2, 0.25) is 0 Å². The average Bonchev–Trinajstić information content (AvgIpc) is 2.76. The Morgan fingerprint density at radius 3 is 1.68 bits per heavy atom. The highest BCUT2D eigenvalue weighted by atomic mass is 28.3. The SMILES string of the molecule is C[Si@]1(c2ccccc2)/C=C(/c2ccccc2)[Si@@](C)(c2ccccc2)CCCC1. The highest BCUT2D eigenvalue weighted by Gasteiger charge is 2.39. The summed E-state index contributed by atoms with van der Waals surface area (Å²) in [6, 6.07) is 36.6. The molecule has 0 bridgehead atoms. The Labute approximate surface area is 172 Å². The minimum Gasteiger partial charge on any atom is -0.0898 e. The van der Waals surface area contributed by atoms with Crippen molar-refractivity contribution in [3.63, 3.8) is 0 Å². The van der Waals surface area contributed by atoms with Crippen LogP contribution in [-0.4, -0.2) is 16.1 Å². The molecule has 0 fully saturated rings. The van der Waals surface area contributed by atoms with E-state index in [1.807, 2.05) is 0 Å². The van der Waals surface area contributed by atoms with Gasteiger partial charge < -0.3 is 0 Å². The molecule has 0 amide bonds. The van der Waals surface area contributed by atoms with Crippen molar-refractivity contribution in [3.05, 3.63) is 102 Å². The van der Waals surface area contributed by atoms with Crippen LogP contribution in [0.15, 0.2) is 96.7 Å². The summed E-state index contributed by atoms with van der Waals surface area (Å²) in [5.41, 5.74) is 4.23. The molecule has 2 heteroatoms. The van der Waals surface area contributed by atoms with Gasteiger partial charge in [0, 0.05) is 0 Å². The van der Waals surface area contributed by atoms with Crippen molar-refractivity contribution in [3.8, 4) is 0 Å². The molecule has 28 heavy (non-hydrogen) atoms. The number of rotatable bonds is 3. The zero-order valence-corrected chi connectivity index (χ0v) is 19.1. The first kappa shape index (κ1) is 19.2. The maximum Gasteiger partial charge on any atom is 0.115 e. The summed E-state index contributed by atoms with van der Waals surface area (Å²) in [5, 5.41) is 4.82. The standard InChI is InChI=1S/C26H30Si2/c1-27(24-16-8-4-9-17-24)20-12-13-21-28(2,25-18-10-5-11-19-25)26(22-27)23-14-6-3-7-15-23/h3-11,14-19,22H,12-13,20-21H2,1-2H3/b26-22-/t27-,28-/m1/s1. The van der Waals surface area contributed by atoms with E-state index in [9.17, 15) is 0 Å². The van der Waals surface area contributed by atoms with E-state index in [2.05, 4.69) is 110 Å². The quantitative estimate of drug-likeness (QED) is 0.481. The van der Waals surface area contributed by atoms with Gasteiger partial charge in [0.25, 0.3) is 0 Å². The van der Waals surface area contributed by atoms with Gasteiger partial charge in [-0.3, -0.25) is 0 Å². The van der Waals surface area contributed by atoms with Crippen molar-refractivity contribution in [2.45, 2.75) is 38.0 Å². The van der Waals surface area contributed by atoms with E-state index in [1.54, 1.807) is 15.6 Å². The molecular weight excluding hydrogens is 368 g/mol. The Morgan fingerprint density at radius 1 is 0.571 bits per heavy atom. The van der Waals surface area contributed by atoms with E-state index in [-0.39, 0.29) is 0 Å². The summed E-state index contributed by atoms with van der Waals surface area (Å²) < 4.78 is 0. The molecule has 0 aromatic heterocycles. The Kier molecular flexibility index (Phi) is 5.52. The molecule has 0 saturated carbocycles. The van der Waals surface area contributed by atoms with Gasteiger partial charge >= 0.3 is 0 Å². The molecule has 0 spiro atoms. The molecule has 0 saturated heterocycles. The van der Waals surface area contributed by atoms with E-state index in [0.717, 1.165) is 0 Å². The largest absolute Gasteiger partial charge is 0.115 e. The fourth-order valence-electron chi connectivity index (χ4n) is 4.83. The lowest BCUT2D eigenvalue weighted by Gasteiger charge is -2.37. The molecule has 0 nitrogen and oxygen atoms in total. The normalized spacial score (nSPS) is 27.3. The monoisotopic (exact) mass is 398 g/mol. The van der Waals surface area contributed by atoms with Crippen molar-refractivity contribution in [2.24, 2.45) is 0 Å². The maximum absolute atomic E-state index is 2.79. The van der Waals surface area contributed by atoms with Crippen LogP contribution in [0.25, 0.3) is 5.20 Å². The van der Waals surface area contributed by atoms with Crippen molar-refractivity contribution >= 4 is 31.7 Å². The van der Waals surface area contributed by atoms with Crippen LogP contribution in [-0.2, 0) is 0 Å². The van der Waals surface area contributed by atoms with Gasteiger partial charge in [-0.2, -0.15) is 0 Å². The van der Waals surface area contributed by atoms with E-state index < -0.39 is 16.1 Å². The fourth-order valence-corrected chi connectivity index (χ4v) is 14.0. The van der Waals surface area contributed by atoms with E-state index in [0.29, 0.717) is 0 Å². The topological polar surface area (TPSA) is 0 Å². The first-order valence-corrected chi connectivity index (χ1v) is 16.0. The van der Waals surface area contributed by atoms with Crippen molar-refractivity contribution in [1.29, 1.82) is 0 Å². The molecule has 0 unspecified atom stereocenters. The van der Waals surface area contributed by atoms with Crippen molar-refractivity contribution < 1.29 is 0 Å². The lowest BCUT2D eigenvalue weighted by atomic mass is 10.2. The highest BCUT2D eigenvalue weighted by molar-refractivity contribution is 7.08. The van der Waals surface area contributed by atoms with Gasteiger partial charge in [-0.1, -0.05) is 144 Å². The summed E-state index contributed by atoms with van der Waals surface area (Å²) >= 11 is 0. The van der Waals surface area contributed by atoms with Crippen LogP contribution >= 0.6 is 0 Å². The first-order chi connectivity index (χ1) is 13.6. The second-order valence-electron chi connectivity index (χ2n) is 8.61. The summed E-state index contributed by atoms with van der Waals surface area (Å²) in [5.74, 6) is 0. The third-order valence-corrected chi connectivity index (χ3v) is 15.5. The van der Waals surface area contributed by atoms with Gasteiger partial charge in [-0.05, 0) is 11.6 Å². The molecule has 1 aliphatic heterocycles. The first-order valence-electron chi connectivity index (χ1n) is 10.5. The fraction of sp³-hybridized carbons (Fsp3) is 0.231. The molecule has 142 valence electrons. The molecule has 4 rings (SSSR count). The number of hydrogen-bond donors (Lipinski definition) is 0. The van der Waals surface area contributed by atoms with Crippen LogP contribution in [0, 0.1) is 0 Å². The van der Waals surface area contributed by atoms with Crippen LogP contribution in [0.3, 0.4) is 0 Å². The molecule has 0 N–H and O–H groups in total. The Balaban J connectivity index is 1.94. The predicted molar refractivity (Wildman–Crippen MR) is 129 cm³/mol. The molecule has 3 aromatic carbocycles.